The zero-order valence-electron chi connectivity index (χ0n) is 10.5. The molecular weight excluding hydrogens is 266 g/mol. The highest BCUT2D eigenvalue weighted by Crippen LogP contribution is 2.31. The van der Waals surface area contributed by atoms with Crippen LogP contribution in [0.5, 0.6) is 0 Å². The van der Waals surface area contributed by atoms with Crippen LogP contribution >= 0.6 is 0 Å². The molecule has 3 rings (SSSR count). The number of rotatable bonds is 3. The molecule has 2 aromatic heterocycles. The first-order valence-electron chi connectivity index (χ1n) is 6.13. The smallest absolute Gasteiger partial charge is 0.244 e. The van der Waals surface area contributed by atoms with Gasteiger partial charge in [0.05, 0.1) is 18.5 Å². The Balaban J connectivity index is 1.87. The summed E-state index contributed by atoms with van der Waals surface area (Å²) < 4.78 is 34.1. The van der Waals surface area contributed by atoms with E-state index < -0.39 is 10.0 Å². The molecule has 0 aliphatic heterocycles. The van der Waals surface area contributed by atoms with E-state index in [4.69, 9.17) is 4.42 Å². The van der Waals surface area contributed by atoms with E-state index in [1.807, 2.05) is 6.07 Å². The van der Waals surface area contributed by atoms with Crippen molar-refractivity contribution in [1.29, 1.82) is 0 Å². The van der Waals surface area contributed by atoms with Gasteiger partial charge in [-0.1, -0.05) is 0 Å². The van der Waals surface area contributed by atoms with Crippen LogP contribution in [0.3, 0.4) is 0 Å². The minimum absolute atomic E-state index is 0.186. The van der Waals surface area contributed by atoms with Crippen LogP contribution in [-0.4, -0.2) is 18.2 Å². The molecule has 1 aliphatic carbocycles. The quantitative estimate of drug-likeness (QED) is 0.921. The highest BCUT2D eigenvalue weighted by Gasteiger charge is 2.27. The molecule has 0 radical (unpaired) electrons. The van der Waals surface area contributed by atoms with Crippen molar-refractivity contribution < 1.29 is 12.8 Å². The van der Waals surface area contributed by atoms with E-state index in [-0.39, 0.29) is 10.9 Å². The third kappa shape index (κ3) is 2.31. The van der Waals surface area contributed by atoms with Gasteiger partial charge in [0.25, 0.3) is 0 Å². The summed E-state index contributed by atoms with van der Waals surface area (Å²) in [5.74, 6) is 0.880. The van der Waals surface area contributed by atoms with Gasteiger partial charge in [-0.25, -0.2) is 13.1 Å². The summed E-state index contributed by atoms with van der Waals surface area (Å²) in [5.41, 5.74) is 0.943. The summed E-state index contributed by atoms with van der Waals surface area (Å²) in [6.07, 6.45) is 7.02. The molecule has 1 N–H and O–H groups in total. The lowest BCUT2D eigenvalue weighted by molar-refractivity contribution is 0.438. The fourth-order valence-corrected chi connectivity index (χ4v) is 3.63. The van der Waals surface area contributed by atoms with Crippen LogP contribution in [0.25, 0.3) is 0 Å². The molecule has 0 unspecified atom stereocenters. The molecule has 0 aromatic carbocycles. The van der Waals surface area contributed by atoms with Crippen molar-refractivity contribution in [2.75, 3.05) is 0 Å². The maximum absolute atomic E-state index is 12.3. The fourth-order valence-electron chi connectivity index (χ4n) is 2.40. The van der Waals surface area contributed by atoms with Gasteiger partial charge in [-0.3, -0.25) is 4.68 Å². The molecule has 0 spiro atoms. The number of nitrogens with zero attached hydrogens (tertiary/aromatic N) is 2. The van der Waals surface area contributed by atoms with Crippen molar-refractivity contribution >= 4 is 10.0 Å². The number of hydrogen-bond acceptors (Lipinski definition) is 4. The molecule has 0 amide bonds. The molecule has 0 fully saturated rings. The standard InChI is InChI=1S/C12H15N3O3S/c1-15-8-9(7-13-15)19(16,17)14-11-3-2-4-12-10(11)5-6-18-12/h5-8,11,14H,2-4H2,1H3/t11-/m0/s1. The lowest BCUT2D eigenvalue weighted by atomic mass is 9.94. The first-order chi connectivity index (χ1) is 9.06. The van der Waals surface area contributed by atoms with E-state index in [0.717, 1.165) is 30.6 Å². The lowest BCUT2D eigenvalue weighted by Crippen LogP contribution is -2.30. The number of aryl methyl sites for hydroxylation is 2. The molecule has 6 nitrogen and oxygen atoms in total. The maximum Gasteiger partial charge on any atom is 0.244 e. The normalized spacial score (nSPS) is 19.3. The van der Waals surface area contributed by atoms with Crippen LogP contribution in [0.15, 0.2) is 34.0 Å². The monoisotopic (exact) mass is 281 g/mol. The molecule has 19 heavy (non-hydrogen) atoms. The Morgan fingerprint density at radius 3 is 3.11 bits per heavy atom. The Kier molecular flexibility index (Phi) is 2.94. The SMILES string of the molecule is Cn1cc(S(=O)(=O)N[C@H]2CCCc3occc32)cn1. The number of sulfonamides is 1. The van der Waals surface area contributed by atoms with E-state index >= 15 is 0 Å². The van der Waals surface area contributed by atoms with E-state index in [2.05, 4.69) is 9.82 Å². The predicted molar refractivity (Wildman–Crippen MR) is 67.9 cm³/mol. The van der Waals surface area contributed by atoms with Crippen LogP contribution in [0.4, 0.5) is 0 Å². The summed E-state index contributed by atoms with van der Waals surface area (Å²) in [6, 6.07) is 1.62. The second-order valence-corrected chi connectivity index (χ2v) is 6.43. The highest BCUT2D eigenvalue weighted by atomic mass is 32.2. The van der Waals surface area contributed by atoms with Crippen molar-refractivity contribution in [2.45, 2.75) is 30.2 Å². The molecule has 2 heterocycles. The zero-order chi connectivity index (χ0) is 13.5. The summed E-state index contributed by atoms with van der Waals surface area (Å²) >= 11 is 0. The van der Waals surface area contributed by atoms with E-state index in [9.17, 15) is 8.42 Å². The van der Waals surface area contributed by atoms with Crippen molar-refractivity contribution in [1.82, 2.24) is 14.5 Å². The summed E-state index contributed by atoms with van der Waals surface area (Å²) in [4.78, 5) is 0.186. The highest BCUT2D eigenvalue weighted by molar-refractivity contribution is 7.89. The summed E-state index contributed by atoms with van der Waals surface area (Å²) in [6.45, 7) is 0. The second-order valence-electron chi connectivity index (χ2n) is 4.71. The number of furan rings is 1. The van der Waals surface area contributed by atoms with Gasteiger partial charge in [0, 0.05) is 25.2 Å². The summed E-state index contributed by atoms with van der Waals surface area (Å²) in [5, 5.41) is 3.89. The molecule has 1 aliphatic rings. The Morgan fingerprint density at radius 2 is 2.37 bits per heavy atom. The molecular formula is C12H15N3O3S. The van der Waals surface area contributed by atoms with Crippen LogP contribution in [-0.2, 0) is 23.5 Å². The van der Waals surface area contributed by atoms with Gasteiger partial charge in [-0.15, -0.1) is 0 Å². The Labute approximate surface area is 111 Å². The second kappa shape index (κ2) is 4.50. The third-order valence-corrected chi connectivity index (χ3v) is 4.77. The molecule has 1 atom stereocenters. The van der Waals surface area contributed by atoms with Crippen molar-refractivity contribution in [3.63, 3.8) is 0 Å². The number of nitrogens with one attached hydrogen (secondary N) is 1. The van der Waals surface area contributed by atoms with Gasteiger partial charge in [-0.2, -0.15) is 5.10 Å². The lowest BCUT2D eigenvalue weighted by Gasteiger charge is -2.22. The first-order valence-corrected chi connectivity index (χ1v) is 7.62. The van der Waals surface area contributed by atoms with Crippen molar-refractivity contribution in [3.8, 4) is 0 Å². The Bertz CT molecular complexity index is 687. The average Bonchev–Trinajstić information content (AvgIpc) is 2.97. The molecule has 102 valence electrons. The van der Waals surface area contributed by atoms with Crippen LogP contribution in [0.1, 0.15) is 30.2 Å². The summed E-state index contributed by atoms with van der Waals surface area (Å²) in [7, 11) is -1.85. The van der Waals surface area contributed by atoms with Gasteiger partial charge in [0.15, 0.2) is 0 Å². The minimum atomic E-state index is -3.53. The Morgan fingerprint density at radius 1 is 1.53 bits per heavy atom. The van der Waals surface area contributed by atoms with Gasteiger partial charge in [0.2, 0.25) is 10.0 Å². The van der Waals surface area contributed by atoms with Crippen LogP contribution < -0.4 is 4.72 Å². The number of fused-ring (bicyclic) bond motifs is 1. The van der Waals surface area contributed by atoms with Crippen LogP contribution in [0, 0.1) is 0 Å². The van der Waals surface area contributed by atoms with E-state index in [0.29, 0.717) is 0 Å². The van der Waals surface area contributed by atoms with Gasteiger partial charge in [-0.05, 0) is 18.9 Å². The van der Waals surface area contributed by atoms with Gasteiger partial charge in [0.1, 0.15) is 10.7 Å². The number of hydrogen-bond donors (Lipinski definition) is 1. The topological polar surface area (TPSA) is 77.1 Å². The largest absolute Gasteiger partial charge is 0.469 e. The Hall–Kier alpha value is -1.60. The average molecular weight is 281 g/mol. The molecule has 0 bridgehead atoms. The van der Waals surface area contributed by atoms with E-state index in [1.54, 1.807) is 13.3 Å². The zero-order valence-corrected chi connectivity index (χ0v) is 11.4. The van der Waals surface area contributed by atoms with Crippen LogP contribution in [0.2, 0.25) is 0 Å². The molecule has 7 heteroatoms. The van der Waals surface area contributed by atoms with Crippen molar-refractivity contribution in [2.24, 2.45) is 7.05 Å². The predicted octanol–water partition coefficient (Wildman–Crippen LogP) is 1.37. The molecule has 0 saturated heterocycles. The third-order valence-electron chi connectivity index (χ3n) is 3.34. The maximum atomic E-state index is 12.3. The first kappa shape index (κ1) is 12.4. The molecule has 0 saturated carbocycles. The fraction of sp³-hybridized carbons (Fsp3) is 0.417. The molecule has 2 aromatic rings. The van der Waals surface area contributed by atoms with Gasteiger partial charge < -0.3 is 4.42 Å². The van der Waals surface area contributed by atoms with Crippen molar-refractivity contribution in [3.05, 3.63) is 36.0 Å². The van der Waals surface area contributed by atoms with Gasteiger partial charge >= 0.3 is 0 Å². The minimum Gasteiger partial charge on any atom is -0.469 e. The van der Waals surface area contributed by atoms with E-state index in [1.165, 1.54) is 17.1 Å². The number of aromatic nitrogens is 2.